The zero-order chi connectivity index (χ0) is 10.5. The topological polar surface area (TPSA) is 17.1 Å². The van der Waals surface area contributed by atoms with Crippen LogP contribution in [0.5, 0.6) is 0 Å². The van der Waals surface area contributed by atoms with Gasteiger partial charge >= 0.3 is 0 Å². The van der Waals surface area contributed by atoms with Gasteiger partial charge in [0.25, 0.3) is 0 Å². The molecule has 2 aliphatic carbocycles. The summed E-state index contributed by atoms with van der Waals surface area (Å²) in [4.78, 5) is 11.7. The van der Waals surface area contributed by atoms with Crippen molar-refractivity contribution in [2.45, 2.75) is 40.5 Å². The maximum absolute atomic E-state index is 11.7. The zero-order valence-corrected chi connectivity index (χ0v) is 9.63. The van der Waals surface area contributed by atoms with E-state index in [9.17, 15) is 4.79 Å². The summed E-state index contributed by atoms with van der Waals surface area (Å²) in [7, 11) is 0. The third kappa shape index (κ3) is 1.25. The van der Waals surface area contributed by atoms with E-state index in [1.807, 2.05) is 6.92 Å². The van der Waals surface area contributed by atoms with Crippen molar-refractivity contribution >= 4 is 5.78 Å². The molecule has 0 aliphatic heterocycles. The van der Waals surface area contributed by atoms with Crippen molar-refractivity contribution in [3.8, 4) is 0 Å². The van der Waals surface area contributed by atoms with Gasteiger partial charge in [0.15, 0.2) is 0 Å². The minimum atomic E-state index is 0.239. The summed E-state index contributed by atoms with van der Waals surface area (Å²) in [6.45, 7) is 8.75. The molecule has 0 aromatic heterocycles. The van der Waals surface area contributed by atoms with E-state index in [2.05, 4.69) is 26.8 Å². The molecule has 0 heterocycles. The Morgan fingerprint density at radius 3 is 2.79 bits per heavy atom. The molecule has 0 bridgehead atoms. The normalized spacial score (nSPS) is 38.6. The number of rotatable bonds is 2. The second-order valence-electron chi connectivity index (χ2n) is 5.47. The van der Waals surface area contributed by atoms with Gasteiger partial charge in [-0.2, -0.15) is 0 Å². The summed E-state index contributed by atoms with van der Waals surface area (Å²) in [6, 6.07) is 0. The summed E-state index contributed by atoms with van der Waals surface area (Å²) in [5.41, 5.74) is 1.79. The standard InChI is InChI=1S/C13H20O/c1-5-12(14)9-7-11-10(6-8(9)2)13(11,3)4/h6,9-11H,5,7H2,1-4H3. The Bertz CT molecular complexity index is 298. The van der Waals surface area contributed by atoms with Crippen LogP contribution in [0.25, 0.3) is 0 Å². The van der Waals surface area contributed by atoms with Crippen molar-refractivity contribution in [3.05, 3.63) is 11.6 Å². The minimum Gasteiger partial charge on any atom is -0.299 e. The number of ketones is 1. The molecule has 3 unspecified atom stereocenters. The Morgan fingerprint density at radius 2 is 2.21 bits per heavy atom. The van der Waals surface area contributed by atoms with Crippen LogP contribution in [0.2, 0.25) is 0 Å². The highest BCUT2D eigenvalue weighted by atomic mass is 16.1. The lowest BCUT2D eigenvalue weighted by molar-refractivity contribution is -0.121. The van der Waals surface area contributed by atoms with Gasteiger partial charge in [0.05, 0.1) is 0 Å². The van der Waals surface area contributed by atoms with E-state index in [1.165, 1.54) is 5.57 Å². The van der Waals surface area contributed by atoms with Gasteiger partial charge in [0.1, 0.15) is 5.78 Å². The van der Waals surface area contributed by atoms with E-state index in [1.54, 1.807) is 0 Å². The molecule has 0 amide bonds. The van der Waals surface area contributed by atoms with Gasteiger partial charge in [-0.25, -0.2) is 0 Å². The fourth-order valence-corrected chi connectivity index (χ4v) is 3.04. The molecule has 0 aromatic carbocycles. The van der Waals surface area contributed by atoms with Crippen LogP contribution in [-0.2, 0) is 4.79 Å². The summed E-state index contributed by atoms with van der Waals surface area (Å²) in [6.07, 6.45) is 4.15. The third-order valence-corrected chi connectivity index (χ3v) is 4.36. The van der Waals surface area contributed by atoms with Crippen molar-refractivity contribution in [1.82, 2.24) is 0 Å². The first-order chi connectivity index (χ1) is 6.48. The summed E-state index contributed by atoms with van der Waals surface area (Å²) in [5.74, 6) is 2.19. The van der Waals surface area contributed by atoms with E-state index < -0.39 is 0 Å². The molecule has 2 rings (SSSR count). The number of hydrogen-bond acceptors (Lipinski definition) is 1. The SMILES string of the molecule is CCC(=O)C1CC2C(C=C1C)C2(C)C. The first kappa shape index (κ1) is 9.95. The maximum Gasteiger partial charge on any atom is 0.139 e. The molecule has 0 radical (unpaired) electrons. The van der Waals surface area contributed by atoms with Crippen LogP contribution in [0.1, 0.15) is 40.5 Å². The van der Waals surface area contributed by atoms with E-state index in [-0.39, 0.29) is 5.92 Å². The van der Waals surface area contributed by atoms with E-state index in [0.717, 1.165) is 18.3 Å². The largest absolute Gasteiger partial charge is 0.299 e. The summed E-state index contributed by atoms with van der Waals surface area (Å²) < 4.78 is 0. The Hall–Kier alpha value is -0.590. The summed E-state index contributed by atoms with van der Waals surface area (Å²) >= 11 is 0. The Balaban J connectivity index is 2.17. The summed E-state index contributed by atoms with van der Waals surface area (Å²) in [5, 5.41) is 0. The molecule has 1 fully saturated rings. The zero-order valence-electron chi connectivity index (χ0n) is 9.63. The molecule has 3 atom stereocenters. The van der Waals surface area contributed by atoms with Gasteiger partial charge in [-0.1, -0.05) is 32.4 Å². The van der Waals surface area contributed by atoms with Crippen molar-refractivity contribution in [2.24, 2.45) is 23.2 Å². The highest BCUT2D eigenvalue weighted by Crippen LogP contribution is 2.64. The van der Waals surface area contributed by atoms with Crippen molar-refractivity contribution in [2.75, 3.05) is 0 Å². The van der Waals surface area contributed by atoms with Crippen LogP contribution in [0.4, 0.5) is 0 Å². The molecule has 0 aromatic rings. The fraction of sp³-hybridized carbons (Fsp3) is 0.769. The van der Waals surface area contributed by atoms with Gasteiger partial charge in [0.2, 0.25) is 0 Å². The average Bonchev–Trinajstić information content (AvgIpc) is 2.66. The van der Waals surface area contributed by atoms with Crippen molar-refractivity contribution in [3.63, 3.8) is 0 Å². The maximum atomic E-state index is 11.7. The lowest BCUT2D eigenvalue weighted by Gasteiger charge is -2.19. The number of carbonyl (C=O) groups excluding carboxylic acids is 1. The molecule has 2 aliphatic rings. The van der Waals surface area contributed by atoms with Crippen molar-refractivity contribution < 1.29 is 4.79 Å². The predicted octanol–water partition coefficient (Wildman–Crippen LogP) is 3.20. The molecule has 0 saturated heterocycles. The average molecular weight is 192 g/mol. The van der Waals surface area contributed by atoms with Gasteiger partial charge < -0.3 is 0 Å². The highest BCUT2D eigenvalue weighted by molar-refractivity contribution is 5.83. The molecule has 0 N–H and O–H groups in total. The lowest BCUT2D eigenvalue weighted by Crippen LogP contribution is -2.18. The predicted molar refractivity (Wildman–Crippen MR) is 57.9 cm³/mol. The Labute approximate surface area is 86.6 Å². The molecule has 1 saturated carbocycles. The number of fused-ring (bicyclic) bond motifs is 1. The molecule has 14 heavy (non-hydrogen) atoms. The van der Waals surface area contributed by atoms with Crippen molar-refractivity contribution in [1.29, 1.82) is 0 Å². The number of hydrogen-bond donors (Lipinski definition) is 0. The van der Waals surface area contributed by atoms with Crippen LogP contribution in [0.3, 0.4) is 0 Å². The van der Waals surface area contributed by atoms with E-state index in [0.29, 0.717) is 17.6 Å². The molecule has 0 spiro atoms. The van der Waals surface area contributed by atoms with Crippen LogP contribution < -0.4 is 0 Å². The fourth-order valence-electron chi connectivity index (χ4n) is 3.04. The van der Waals surface area contributed by atoms with E-state index in [4.69, 9.17) is 0 Å². The van der Waals surface area contributed by atoms with Crippen LogP contribution in [0.15, 0.2) is 11.6 Å². The van der Waals surface area contributed by atoms with Gasteiger partial charge in [-0.15, -0.1) is 0 Å². The second kappa shape index (κ2) is 2.95. The smallest absolute Gasteiger partial charge is 0.139 e. The second-order valence-corrected chi connectivity index (χ2v) is 5.47. The molecule has 1 nitrogen and oxygen atoms in total. The highest BCUT2D eigenvalue weighted by Gasteiger charge is 2.58. The van der Waals surface area contributed by atoms with Crippen LogP contribution >= 0.6 is 0 Å². The number of carbonyl (C=O) groups is 1. The van der Waals surface area contributed by atoms with Crippen LogP contribution in [0, 0.1) is 23.2 Å². The number of allylic oxidation sites excluding steroid dienone is 2. The third-order valence-electron chi connectivity index (χ3n) is 4.36. The Kier molecular flexibility index (Phi) is 2.09. The minimum absolute atomic E-state index is 0.239. The van der Waals surface area contributed by atoms with Gasteiger partial charge in [-0.3, -0.25) is 4.79 Å². The first-order valence-electron chi connectivity index (χ1n) is 5.69. The monoisotopic (exact) mass is 192 g/mol. The van der Waals surface area contributed by atoms with E-state index >= 15 is 0 Å². The van der Waals surface area contributed by atoms with Crippen LogP contribution in [-0.4, -0.2) is 5.78 Å². The van der Waals surface area contributed by atoms with Gasteiger partial charge in [0, 0.05) is 12.3 Å². The molecule has 1 heteroatoms. The lowest BCUT2D eigenvalue weighted by atomic mass is 9.84. The molecule has 78 valence electrons. The number of Topliss-reactive ketones (excluding diaryl/α,β-unsaturated/α-hetero) is 1. The first-order valence-corrected chi connectivity index (χ1v) is 5.69. The van der Waals surface area contributed by atoms with Gasteiger partial charge in [-0.05, 0) is 30.6 Å². The Morgan fingerprint density at radius 1 is 1.57 bits per heavy atom. The molecular formula is C13H20O. The molecular weight excluding hydrogens is 172 g/mol. The quantitative estimate of drug-likeness (QED) is 0.614.